The van der Waals surface area contributed by atoms with Crippen LogP contribution < -0.4 is 15.4 Å². The lowest BCUT2D eigenvalue weighted by molar-refractivity contribution is 0.415. The largest absolute Gasteiger partial charge is 0.490 e. The van der Waals surface area contributed by atoms with Crippen LogP contribution in [0.15, 0.2) is 24.5 Å². The van der Waals surface area contributed by atoms with E-state index in [0.29, 0.717) is 17.4 Å². The molecule has 0 aliphatic heterocycles. The Labute approximate surface area is 113 Å². The first-order valence-corrected chi connectivity index (χ1v) is 6.07. The topological polar surface area (TPSA) is 59.1 Å². The summed E-state index contributed by atoms with van der Waals surface area (Å²) >= 11 is 0. The van der Waals surface area contributed by atoms with Crippen LogP contribution in [0, 0.1) is 13.8 Å². The molecule has 100 valence electrons. The molecule has 0 spiro atoms. The Morgan fingerprint density at radius 3 is 2.53 bits per heavy atom. The fraction of sp³-hybridized carbons (Fsp3) is 0.286. The number of ether oxygens (including phenoxy) is 1. The Kier molecular flexibility index (Phi) is 3.85. The van der Waals surface area contributed by atoms with Gasteiger partial charge in [-0.05, 0) is 31.0 Å². The molecule has 0 unspecified atom stereocenters. The minimum atomic E-state index is 0.603. The number of benzene rings is 1. The van der Waals surface area contributed by atoms with Crippen LogP contribution in [0.5, 0.6) is 5.75 Å². The van der Waals surface area contributed by atoms with E-state index in [9.17, 15) is 0 Å². The fourth-order valence-corrected chi connectivity index (χ4v) is 1.85. The monoisotopic (exact) mass is 258 g/mol. The zero-order valence-electron chi connectivity index (χ0n) is 11.6. The van der Waals surface area contributed by atoms with Crippen molar-refractivity contribution in [3.05, 3.63) is 35.7 Å². The summed E-state index contributed by atoms with van der Waals surface area (Å²) in [4.78, 5) is 8.36. The predicted octanol–water partition coefficient (Wildman–Crippen LogP) is 2.89. The first-order chi connectivity index (χ1) is 9.17. The van der Waals surface area contributed by atoms with Gasteiger partial charge in [0, 0.05) is 12.7 Å². The van der Waals surface area contributed by atoms with Crippen LogP contribution in [0.2, 0.25) is 0 Å². The summed E-state index contributed by atoms with van der Waals surface area (Å²) in [5.41, 5.74) is 3.43. The molecule has 0 aliphatic carbocycles. The molecule has 1 aromatic carbocycles. The molecular weight excluding hydrogens is 240 g/mol. The van der Waals surface area contributed by atoms with Gasteiger partial charge in [-0.25, -0.2) is 9.97 Å². The summed E-state index contributed by atoms with van der Waals surface area (Å²) in [6, 6.07) is 6.11. The van der Waals surface area contributed by atoms with E-state index in [0.717, 1.165) is 5.69 Å². The molecule has 0 saturated heterocycles. The highest BCUT2D eigenvalue weighted by Crippen LogP contribution is 2.32. The number of methoxy groups -OCH3 is 1. The van der Waals surface area contributed by atoms with E-state index >= 15 is 0 Å². The van der Waals surface area contributed by atoms with Gasteiger partial charge in [-0.3, -0.25) is 0 Å². The van der Waals surface area contributed by atoms with Crippen LogP contribution >= 0.6 is 0 Å². The van der Waals surface area contributed by atoms with Crippen molar-refractivity contribution >= 4 is 17.3 Å². The van der Waals surface area contributed by atoms with Gasteiger partial charge >= 0.3 is 0 Å². The number of nitrogens with one attached hydrogen (secondary N) is 2. The maximum atomic E-state index is 5.36. The minimum absolute atomic E-state index is 0.603. The summed E-state index contributed by atoms with van der Waals surface area (Å²) in [6.07, 6.45) is 1.50. The molecule has 2 rings (SSSR count). The molecule has 0 fully saturated rings. The molecule has 5 nitrogen and oxygen atoms in total. The van der Waals surface area contributed by atoms with E-state index < -0.39 is 0 Å². The molecule has 19 heavy (non-hydrogen) atoms. The van der Waals surface area contributed by atoms with E-state index in [1.165, 1.54) is 17.5 Å². The third kappa shape index (κ3) is 2.59. The summed E-state index contributed by atoms with van der Waals surface area (Å²) in [5, 5.41) is 6.27. The smallest absolute Gasteiger partial charge is 0.204 e. The third-order valence-electron chi connectivity index (χ3n) is 3.10. The highest BCUT2D eigenvalue weighted by atomic mass is 16.5. The highest BCUT2D eigenvalue weighted by Gasteiger charge is 2.12. The van der Waals surface area contributed by atoms with Crippen molar-refractivity contribution in [2.75, 3.05) is 24.8 Å². The number of nitrogens with zero attached hydrogens (tertiary/aromatic N) is 2. The van der Waals surface area contributed by atoms with E-state index in [4.69, 9.17) is 4.74 Å². The van der Waals surface area contributed by atoms with Crippen molar-refractivity contribution in [1.82, 2.24) is 9.97 Å². The summed E-state index contributed by atoms with van der Waals surface area (Å²) < 4.78 is 5.36. The number of hydrogen-bond donors (Lipinski definition) is 2. The average Bonchev–Trinajstić information content (AvgIpc) is 2.43. The number of anilines is 3. The van der Waals surface area contributed by atoms with Gasteiger partial charge in [-0.2, -0.15) is 0 Å². The van der Waals surface area contributed by atoms with Gasteiger partial charge in [0.2, 0.25) is 5.75 Å². The molecule has 0 amide bonds. The zero-order chi connectivity index (χ0) is 13.8. The first-order valence-electron chi connectivity index (χ1n) is 6.07. The van der Waals surface area contributed by atoms with Crippen LogP contribution in [0.3, 0.4) is 0 Å². The second-order valence-electron chi connectivity index (χ2n) is 4.23. The predicted molar refractivity (Wildman–Crippen MR) is 77.3 cm³/mol. The quantitative estimate of drug-likeness (QED) is 0.883. The standard InChI is InChI=1S/C14H18N4O/c1-9-6-5-7-11(10(9)2)18-14-12(19-4)13(15-3)16-8-17-14/h5-8H,1-4H3,(H2,15,16,17,18). The van der Waals surface area contributed by atoms with E-state index in [2.05, 4.69) is 40.5 Å². The maximum Gasteiger partial charge on any atom is 0.204 e. The van der Waals surface area contributed by atoms with Gasteiger partial charge in [-0.15, -0.1) is 0 Å². The molecule has 0 radical (unpaired) electrons. The van der Waals surface area contributed by atoms with Crippen LogP contribution in [-0.4, -0.2) is 24.1 Å². The minimum Gasteiger partial charge on any atom is -0.490 e. The Hall–Kier alpha value is -2.30. The van der Waals surface area contributed by atoms with Crippen molar-refractivity contribution in [2.45, 2.75) is 13.8 Å². The highest BCUT2D eigenvalue weighted by molar-refractivity contribution is 5.71. The SMILES string of the molecule is CNc1ncnc(Nc2cccc(C)c2C)c1OC. The number of aryl methyl sites for hydroxylation is 1. The van der Waals surface area contributed by atoms with Gasteiger partial charge < -0.3 is 15.4 Å². The molecule has 0 atom stereocenters. The normalized spacial score (nSPS) is 10.1. The lowest BCUT2D eigenvalue weighted by atomic mass is 10.1. The molecule has 0 aliphatic rings. The van der Waals surface area contributed by atoms with Crippen LogP contribution in [0.25, 0.3) is 0 Å². The van der Waals surface area contributed by atoms with Gasteiger partial charge in [0.25, 0.3) is 0 Å². The fourth-order valence-electron chi connectivity index (χ4n) is 1.85. The Morgan fingerprint density at radius 2 is 1.84 bits per heavy atom. The van der Waals surface area contributed by atoms with Crippen molar-refractivity contribution in [2.24, 2.45) is 0 Å². The van der Waals surface area contributed by atoms with Gasteiger partial charge in [0.05, 0.1) is 7.11 Å². The molecule has 1 aromatic heterocycles. The second-order valence-corrected chi connectivity index (χ2v) is 4.23. The van der Waals surface area contributed by atoms with Crippen LogP contribution in [-0.2, 0) is 0 Å². The van der Waals surface area contributed by atoms with Crippen molar-refractivity contribution < 1.29 is 4.74 Å². The lowest BCUT2D eigenvalue weighted by Crippen LogP contribution is -2.04. The molecule has 0 bridgehead atoms. The second kappa shape index (κ2) is 5.56. The van der Waals surface area contributed by atoms with Gasteiger partial charge in [0.15, 0.2) is 11.6 Å². The van der Waals surface area contributed by atoms with E-state index in [1.807, 2.05) is 12.1 Å². The van der Waals surface area contributed by atoms with Crippen molar-refractivity contribution in [1.29, 1.82) is 0 Å². The summed E-state index contributed by atoms with van der Waals surface area (Å²) in [7, 11) is 3.40. The van der Waals surface area contributed by atoms with Crippen molar-refractivity contribution in [3.63, 3.8) is 0 Å². The number of aromatic nitrogens is 2. The van der Waals surface area contributed by atoms with Crippen molar-refractivity contribution in [3.8, 4) is 5.75 Å². The molecule has 2 aromatic rings. The van der Waals surface area contributed by atoms with Crippen LogP contribution in [0.4, 0.5) is 17.3 Å². The lowest BCUT2D eigenvalue weighted by Gasteiger charge is -2.14. The zero-order valence-corrected chi connectivity index (χ0v) is 11.6. The number of hydrogen-bond acceptors (Lipinski definition) is 5. The Bertz CT molecular complexity index is 584. The number of rotatable bonds is 4. The third-order valence-corrected chi connectivity index (χ3v) is 3.10. The molecule has 0 saturated carbocycles. The van der Waals surface area contributed by atoms with E-state index in [1.54, 1.807) is 14.2 Å². The molecule has 5 heteroatoms. The van der Waals surface area contributed by atoms with Crippen LogP contribution in [0.1, 0.15) is 11.1 Å². The Morgan fingerprint density at radius 1 is 1.11 bits per heavy atom. The maximum absolute atomic E-state index is 5.36. The summed E-state index contributed by atoms with van der Waals surface area (Å²) in [6.45, 7) is 4.15. The Balaban J connectivity index is 2.41. The molecular formula is C14H18N4O. The summed E-state index contributed by atoms with van der Waals surface area (Å²) in [5.74, 6) is 1.91. The molecule has 1 heterocycles. The molecule has 2 N–H and O–H groups in total. The van der Waals surface area contributed by atoms with E-state index in [-0.39, 0.29) is 0 Å². The first kappa shape index (κ1) is 13.1. The van der Waals surface area contributed by atoms with Gasteiger partial charge in [-0.1, -0.05) is 12.1 Å². The average molecular weight is 258 g/mol. The van der Waals surface area contributed by atoms with Gasteiger partial charge in [0.1, 0.15) is 6.33 Å².